The number of rotatable bonds is 10. The van der Waals surface area contributed by atoms with E-state index in [1.807, 2.05) is 36.4 Å². The summed E-state index contributed by atoms with van der Waals surface area (Å²) in [7, 11) is 1.39. The highest BCUT2D eigenvalue weighted by atomic mass is 16.5. The van der Waals surface area contributed by atoms with Gasteiger partial charge in [-0.1, -0.05) is 55.0 Å². The number of ether oxygens (including phenoxy) is 2. The molecule has 0 spiro atoms. The summed E-state index contributed by atoms with van der Waals surface area (Å²) >= 11 is 0. The standard InChI is InChI=1S/C26H30N2O6/c1-33-22(24(31)28-16-26(11-6-12-26)13-23(29)30)14-27-25(32)34-15-21-19-9-4-2-7-17(19)18-8-3-5-10-20(18)21/h2-5,7-10,21-22H,6,11-16H2,1H3,(H,27,32)(H,28,31)(H,29,30). The van der Waals surface area contributed by atoms with Gasteiger partial charge in [0, 0.05) is 19.6 Å². The second-order valence-electron chi connectivity index (χ2n) is 9.07. The largest absolute Gasteiger partial charge is 0.481 e. The minimum atomic E-state index is -0.901. The van der Waals surface area contributed by atoms with E-state index < -0.39 is 24.1 Å². The number of hydrogen-bond acceptors (Lipinski definition) is 5. The maximum atomic E-state index is 12.5. The second-order valence-corrected chi connectivity index (χ2v) is 9.07. The molecule has 34 heavy (non-hydrogen) atoms. The van der Waals surface area contributed by atoms with Gasteiger partial charge in [-0.15, -0.1) is 0 Å². The Kier molecular flexibility index (Phi) is 7.17. The van der Waals surface area contributed by atoms with Crippen LogP contribution < -0.4 is 10.6 Å². The smallest absolute Gasteiger partial charge is 0.407 e. The minimum absolute atomic E-state index is 0.0307. The molecule has 180 valence electrons. The number of alkyl carbamates (subject to hydrolysis) is 1. The van der Waals surface area contributed by atoms with Crippen LogP contribution >= 0.6 is 0 Å². The number of carbonyl (C=O) groups is 3. The highest BCUT2D eigenvalue weighted by Crippen LogP contribution is 2.45. The Morgan fingerprint density at radius 3 is 2.18 bits per heavy atom. The summed E-state index contributed by atoms with van der Waals surface area (Å²) in [6, 6.07) is 16.2. The lowest BCUT2D eigenvalue weighted by molar-refractivity contribution is -0.142. The molecular formula is C26H30N2O6. The van der Waals surface area contributed by atoms with E-state index in [0.717, 1.165) is 41.5 Å². The third-order valence-electron chi connectivity index (χ3n) is 6.93. The fourth-order valence-electron chi connectivity index (χ4n) is 4.91. The van der Waals surface area contributed by atoms with E-state index in [2.05, 4.69) is 22.8 Å². The van der Waals surface area contributed by atoms with Crippen LogP contribution in [0.25, 0.3) is 11.1 Å². The first kappa shape index (κ1) is 23.8. The SMILES string of the molecule is COC(CNC(=O)OCC1c2ccccc2-c2ccccc21)C(=O)NCC1(CC(=O)O)CCC1. The molecule has 1 atom stereocenters. The first-order valence-electron chi connectivity index (χ1n) is 11.5. The number of methoxy groups -OCH3 is 1. The van der Waals surface area contributed by atoms with Crippen LogP contribution in [0, 0.1) is 5.41 Å². The minimum Gasteiger partial charge on any atom is -0.481 e. The van der Waals surface area contributed by atoms with Crippen LogP contribution in [-0.4, -0.2) is 56.0 Å². The number of aliphatic carboxylic acids is 1. The first-order valence-corrected chi connectivity index (χ1v) is 11.5. The Labute approximate surface area is 198 Å². The normalized spacial score (nSPS) is 16.5. The molecule has 0 radical (unpaired) electrons. The number of benzene rings is 2. The molecule has 1 fully saturated rings. The Morgan fingerprint density at radius 1 is 1.03 bits per heavy atom. The molecule has 2 amide bonds. The van der Waals surface area contributed by atoms with Crippen LogP contribution in [0.15, 0.2) is 48.5 Å². The van der Waals surface area contributed by atoms with Crippen molar-refractivity contribution in [2.75, 3.05) is 26.8 Å². The average Bonchev–Trinajstić information content (AvgIpc) is 3.13. The molecule has 2 aromatic carbocycles. The molecule has 0 aliphatic heterocycles. The van der Waals surface area contributed by atoms with Gasteiger partial charge in [0.1, 0.15) is 6.61 Å². The summed E-state index contributed by atoms with van der Waals surface area (Å²) in [5, 5.41) is 14.5. The third kappa shape index (κ3) is 5.07. The van der Waals surface area contributed by atoms with Gasteiger partial charge >= 0.3 is 12.1 Å². The predicted octanol–water partition coefficient (Wildman–Crippen LogP) is 3.30. The average molecular weight is 467 g/mol. The number of carbonyl (C=O) groups excluding carboxylic acids is 2. The maximum absolute atomic E-state index is 12.5. The van der Waals surface area contributed by atoms with Gasteiger partial charge in [0.05, 0.1) is 13.0 Å². The van der Waals surface area contributed by atoms with Gasteiger partial charge in [-0.3, -0.25) is 9.59 Å². The van der Waals surface area contributed by atoms with Crippen LogP contribution in [0.5, 0.6) is 0 Å². The van der Waals surface area contributed by atoms with E-state index in [9.17, 15) is 14.4 Å². The van der Waals surface area contributed by atoms with Crippen molar-refractivity contribution in [2.24, 2.45) is 5.41 Å². The molecule has 2 aliphatic rings. The van der Waals surface area contributed by atoms with Gasteiger partial charge in [0.2, 0.25) is 0 Å². The number of fused-ring (bicyclic) bond motifs is 3. The van der Waals surface area contributed by atoms with Crippen molar-refractivity contribution in [3.63, 3.8) is 0 Å². The molecule has 1 saturated carbocycles. The molecule has 0 heterocycles. The van der Waals surface area contributed by atoms with Crippen molar-refractivity contribution >= 4 is 18.0 Å². The summed E-state index contributed by atoms with van der Waals surface area (Å²) in [5.41, 5.74) is 4.15. The zero-order chi connectivity index (χ0) is 24.1. The Bertz CT molecular complexity index is 1020. The molecule has 8 heteroatoms. The number of amides is 2. The fraction of sp³-hybridized carbons (Fsp3) is 0.423. The quantitative estimate of drug-likeness (QED) is 0.495. The zero-order valence-electron chi connectivity index (χ0n) is 19.2. The molecular weight excluding hydrogens is 436 g/mol. The summed E-state index contributed by atoms with van der Waals surface area (Å²) in [5.74, 6) is -1.31. The van der Waals surface area contributed by atoms with Crippen LogP contribution in [0.3, 0.4) is 0 Å². The summed E-state index contributed by atoms with van der Waals surface area (Å²) in [6.07, 6.45) is 1.01. The van der Waals surface area contributed by atoms with Gasteiger partial charge in [0.15, 0.2) is 6.10 Å². The molecule has 4 rings (SSSR count). The van der Waals surface area contributed by atoms with E-state index >= 15 is 0 Å². The maximum Gasteiger partial charge on any atom is 0.407 e. The highest BCUT2D eigenvalue weighted by molar-refractivity contribution is 5.82. The fourth-order valence-corrected chi connectivity index (χ4v) is 4.91. The van der Waals surface area contributed by atoms with Gasteiger partial charge in [0.25, 0.3) is 5.91 Å². The van der Waals surface area contributed by atoms with Gasteiger partial charge in [-0.05, 0) is 40.5 Å². The van der Waals surface area contributed by atoms with Crippen molar-refractivity contribution in [2.45, 2.75) is 37.7 Å². The molecule has 0 bridgehead atoms. The summed E-state index contributed by atoms with van der Waals surface area (Å²) in [4.78, 5) is 36.0. The van der Waals surface area contributed by atoms with Gasteiger partial charge < -0.3 is 25.2 Å². The predicted molar refractivity (Wildman–Crippen MR) is 125 cm³/mol. The number of hydrogen-bond donors (Lipinski definition) is 3. The lowest BCUT2D eigenvalue weighted by Crippen LogP contribution is -2.49. The van der Waals surface area contributed by atoms with Crippen molar-refractivity contribution in [3.8, 4) is 11.1 Å². The highest BCUT2D eigenvalue weighted by Gasteiger charge is 2.39. The van der Waals surface area contributed by atoms with E-state index in [4.69, 9.17) is 14.6 Å². The van der Waals surface area contributed by atoms with E-state index in [1.54, 1.807) is 0 Å². The lowest BCUT2D eigenvalue weighted by atomic mass is 9.66. The van der Waals surface area contributed by atoms with E-state index in [1.165, 1.54) is 7.11 Å². The zero-order valence-corrected chi connectivity index (χ0v) is 19.2. The molecule has 2 aromatic rings. The van der Waals surface area contributed by atoms with E-state index in [-0.39, 0.29) is 37.5 Å². The van der Waals surface area contributed by atoms with Crippen molar-refractivity contribution < 1.29 is 29.0 Å². The molecule has 0 saturated heterocycles. The van der Waals surface area contributed by atoms with Crippen molar-refractivity contribution in [3.05, 3.63) is 59.7 Å². The van der Waals surface area contributed by atoms with Crippen molar-refractivity contribution in [1.82, 2.24) is 10.6 Å². The summed E-state index contributed by atoms with van der Waals surface area (Å²) in [6.45, 7) is 0.412. The van der Waals surface area contributed by atoms with Gasteiger partial charge in [-0.2, -0.15) is 0 Å². The Morgan fingerprint density at radius 2 is 1.65 bits per heavy atom. The monoisotopic (exact) mass is 466 g/mol. The molecule has 0 aromatic heterocycles. The van der Waals surface area contributed by atoms with Crippen LogP contribution in [0.4, 0.5) is 4.79 Å². The third-order valence-corrected chi connectivity index (χ3v) is 6.93. The number of nitrogens with one attached hydrogen (secondary N) is 2. The first-order chi connectivity index (χ1) is 16.4. The number of carboxylic acids is 1. The molecule has 1 unspecified atom stereocenters. The second kappa shape index (κ2) is 10.3. The topological polar surface area (TPSA) is 114 Å². The molecule has 2 aliphatic carbocycles. The molecule has 3 N–H and O–H groups in total. The Balaban J connectivity index is 1.27. The lowest BCUT2D eigenvalue weighted by Gasteiger charge is -2.41. The van der Waals surface area contributed by atoms with Gasteiger partial charge in [-0.25, -0.2) is 4.79 Å². The summed E-state index contributed by atoms with van der Waals surface area (Å²) < 4.78 is 10.7. The van der Waals surface area contributed by atoms with Crippen LogP contribution in [-0.2, 0) is 19.1 Å². The van der Waals surface area contributed by atoms with E-state index in [0.29, 0.717) is 0 Å². The van der Waals surface area contributed by atoms with Crippen molar-refractivity contribution in [1.29, 1.82) is 0 Å². The van der Waals surface area contributed by atoms with Crippen LogP contribution in [0.2, 0.25) is 0 Å². The van der Waals surface area contributed by atoms with Crippen LogP contribution in [0.1, 0.15) is 42.7 Å². The Hall–Kier alpha value is -3.39. The molecule has 8 nitrogen and oxygen atoms in total. The number of carboxylic acid groups (broad SMARTS) is 1.